The second kappa shape index (κ2) is 6.86. The predicted octanol–water partition coefficient (Wildman–Crippen LogP) is 4.20. The van der Waals surface area contributed by atoms with Crippen LogP contribution in [0.2, 0.25) is 0 Å². The quantitative estimate of drug-likeness (QED) is 0.918. The van der Waals surface area contributed by atoms with Gasteiger partial charge in [0.25, 0.3) is 0 Å². The number of nitrogens with one attached hydrogen (secondary N) is 1. The lowest BCUT2D eigenvalue weighted by Gasteiger charge is -2.30. The smallest absolute Gasteiger partial charge is 0.243 e. The monoisotopic (exact) mass is 308 g/mol. The molecule has 1 amide bonds. The number of nitrogens with zero attached hydrogens (tertiary/aromatic N) is 1. The summed E-state index contributed by atoms with van der Waals surface area (Å²) in [6, 6.07) is 16.5. The maximum absolute atomic E-state index is 12.4. The van der Waals surface area contributed by atoms with E-state index in [9.17, 15) is 4.79 Å². The van der Waals surface area contributed by atoms with E-state index in [-0.39, 0.29) is 5.91 Å². The molecule has 1 N–H and O–H groups in total. The zero-order chi connectivity index (χ0) is 16.2. The van der Waals surface area contributed by atoms with Crippen molar-refractivity contribution in [1.82, 2.24) is 0 Å². The van der Waals surface area contributed by atoms with Crippen LogP contribution in [0.3, 0.4) is 0 Å². The summed E-state index contributed by atoms with van der Waals surface area (Å²) in [7, 11) is 0. The number of para-hydroxylation sites is 1. The van der Waals surface area contributed by atoms with Gasteiger partial charge in [0.1, 0.15) is 0 Å². The molecular weight excluding hydrogens is 284 g/mol. The number of rotatable bonds is 4. The van der Waals surface area contributed by atoms with Gasteiger partial charge >= 0.3 is 0 Å². The van der Waals surface area contributed by atoms with E-state index in [1.807, 2.05) is 18.2 Å². The molecule has 1 heterocycles. The van der Waals surface area contributed by atoms with Gasteiger partial charge in [0, 0.05) is 17.9 Å². The van der Waals surface area contributed by atoms with Crippen LogP contribution in [0.4, 0.5) is 11.4 Å². The standard InChI is InChI=1S/C20H24N2O/c1-15(2)16-9-11-18(12-10-16)21-20(23)14-22-13-5-7-17-6-3-4-8-19(17)22/h3-4,6,8-12,15H,5,7,13-14H2,1-2H3,(H,21,23). The number of hydrogen-bond acceptors (Lipinski definition) is 2. The van der Waals surface area contributed by atoms with Gasteiger partial charge in [-0.2, -0.15) is 0 Å². The van der Waals surface area contributed by atoms with Crippen LogP contribution >= 0.6 is 0 Å². The molecule has 0 fully saturated rings. The molecule has 0 saturated heterocycles. The average Bonchev–Trinajstić information content (AvgIpc) is 2.55. The molecule has 23 heavy (non-hydrogen) atoms. The van der Waals surface area contributed by atoms with Crippen LogP contribution in [0.25, 0.3) is 0 Å². The Bertz CT molecular complexity index is 676. The Morgan fingerprint density at radius 1 is 1.13 bits per heavy atom. The zero-order valence-electron chi connectivity index (χ0n) is 13.9. The molecule has 0 aromatic heterocycles. The third kappa shape index (κ3) is 3.73. The molecule has 0 radical (unpaired) electrons. The van der Waals surface area contributed by atoms with Crippen LogP contribution in [-0.2, 0) is 11.2 Å². The molecular formula is C20H24N2O. The average molecular weight is 308 g/mol. The summed E-state index contributed by atoms with van der Waals surface area (Å²) in [5.41, 5.74) is 4.69. The van der Waals surface area contributed by atoms with Gasteiger partial charge in [-0.05, 0) is 48.1 Å². The van der Waals surface area contributed by atoms with Crippen molar-refractivity contribution >= 4 is 17.3 Å². The fourth-order valence-corrected chi connectivity index (χ4v) is 3.10. The molecule has 0 saturated carbocycles. The van der Waals surface area contributed by atoms with Crippen molar-refractivity contribution in [3.8, 4) is 0 Å². The SMILES string of the molecule is CC(C)c1ccc(NC(=O)CN2CCCc3ccccc32)cc1. The van der Waals surface area contributed by atoms with Crippen LogP contribution in [0, 0.1) is 0 Å². The van der Waals surface area contributed by atoms with Crippen molar-refractivity contribution < 1.29 is 4.79 Å². The third-order valence-corrected chi connectivity index (χ3v) is 4.40. The summed E-state index contributed by atoms with van der Waals surface area (Å²) < 4.78 is 0. The fourth-order valence-electron chi connectivity index (χ4n) is 3.10. The minimum atomic E-state index is 0.0407. The summed E-state index contributed by atoms with van der Waals surface area (Å²) in [4.78, 5) is 14.5. The Labute approximate surface area is 138 Å². The number of anilines is 2. The van der Waals surface area contributed by atoms with Gasteiger partial charge in [0.2, 0.25) is 5.91 Å². The number of fused-ring (bicyclic) bond motifs is 1. The molecule has 2 aromatic rings. The Morgan fingerprint density at radius 3 is 2.61 bits per heavy atom. The lowest BCUT2D eigenvalue weighted by Crippen LogP contribution is -2.36. The molecule has 0 unspecified atom stereocenters. The first-order valence-corrected chi connectivity index (χ1v) is 8.36. The third-order valence-electron chi connectivity index (χ3n) is 4.40. The normalized spacial score (nSPS) is 13.8. The predicted molar refractivity (Wildman–Crippen MR) is 96.1 cm³/mol. The lowest BCUT2D eigenvalue weighted by molar-refractivity contribution is -0.115. The summed E-state index contributed by atoms with van der Waals surface area (Å²) >= 11 is 0. The van der Waals surface area contributed by atoms with E-state index < -0.39 is 0 Å². The first kappa shape index (κ1) is 15.6. The molecule has 0 atom stereocenters. The summed E-state index contributed by atoms with van der Waals surface area (Å²) in [6.45, 7) is 5.68. The highest BCUT2D eigenvalue weighted by Gasteiger charge is 2.18. The van der Waals surface area contributed by atoms with E-state index in [1.165, 1.54) is 16.8 Å². The fraction of sp³-hybridized carbons (Fsp3) is 0.350. The second-order valence-electron chi connectivity index (χ2n) is 6.48. The van der Waals surface area contributed by atoms with Gasteiger partial charge in [0.15, 0.2) is 0 Å². The number of aryl methyl sites for hydroxylation is 1. The minimum Gasteiger partial charge on any atom is -0.362 e. The number of carbonyl (C=O) groups excluding carboxylic acids is 1. The van der Waals surface area contributed by atoms with Crippen LogP contribution in [0.1, 0.15) is 37.3 Å². The number of hydrogen-bond donors (Lipinski definition) is 1. The summed E-state index contributed by atoms with van der Waals surface area (Å²) in [5, 5.41) is 3.01. The highest BCUT2D eigenvalue weighted by molar-refractivity contribution is 5.94. The van der Waals surface area contributed by atoms with Crippen LogP contribution < -0.4 is 10.2 Å². The van der Waals surface area contributed by atoms with Crippen LogP contribution in [-0.4, -0.2) is 19.0 Å². The Morgan fingerprint density at radius 2 is 1.87 bits per heavy atom. The van der Waals surface area contributed by atoms with E-state index in [0.717, 1.165) is 25.1 Å². The number of benzene rings is 2. The van der Waals surface area contributed by atoms with E-state index in [4.69, 9.17) is 0 Å². The van der Waals surface area contributed by atoms with Crippen molar-refractivity contribution in [2.75, 3.05) is 23.3 Å². The van der Waals surface area contributed by atoms with E-state index >= 15 is 0 Å². The minimum absolute atomic E-state index is 0.0407. The highest BCUT2D eigenvalue weighted by Crippen LogP contribution is 2.26. The van der Waals surface area contributed by atoms with Crippen molar-refractivity contribution in [2.24, 2.45) is 0 Å². The van der Waals surface area contributed by atoms with Gasteiger partial charge in [-0.3, -0.25) is 4.79 Å². The second-order valence-corrected chi connectivity index (χ2v) is 6.48. The molecule has 0 spiro atoms. The number of carbonyl (C=O) groups is 1. The van der Waals surface area contributed by atoms with E-state index in [1.54, 1.807) is 0 Å². The molecule has 3 rings (SSSR count). The Kier molecular flexibility index (Phi) is 4.65. The molecule has 1 aliphatic heterocycles. The molecule has 2 aromatic carbocycles. The lowest BCUT2D eigenvalue weighted by atomic mass is 10.0. The largest absolute Gasteiger partial charge is 0.362 e. The molecule has 1 aliphatic rings. The number of amides is 1. The summed E-state index contributed by atoms with van der Waals surface area (Å²) in [6.07, 6.45) is 2.21. The van der Waals surface area contributed by atoms with Crippen molar-refractivity contribution in [2.45, 2.75) is 32.6 Å². The molecule has 0 bridgehead atoms. The van der Waals surface area contributed by atoms with Crippen molar-refractivity contribution in [3.63, 3.8) is 0 Å². The van der Waals surface area contributed by atoms with Gasteiger partial charge in [-0.25, -0.2) is 0 Å². The molecule has 3 heteroatoms. The molecule has 3 nitrogen and oxygen atoms in total. The zero-order valence-corrected chi connectivity index (χ0v) is 13.9. The van der Waals surface area contributed by atoms with Gasteiger partial charge in [0.05, 0.1) is 6.54 Å². The first-order chi connectivity index (χ1) is 11.1. The van der Waals surface area contributed by atoms with Crippen LogP contribution in [0.5, 0.6) is 0 Å². The maximum atomic E-state index is 12.4. The van der Waals surface area contributed by atoms with Gasteiger partial charge in [-0.1, -0.05) is 44.2 Å². The molecule has 0 aliphatic carbocycles. The Balaban J connectivity index is 1.64. The Hall–Kier alpha value is -2.29. The van der Waals surface area contributed by atoms with Crippen molar-refractivity contribution in [3.05, 3.63) is 59.7 Å². The first-order valence-electron chi connectivity index (χ1n) is 8.36. The molecule has 120 valence electrons. The summed E-state index contributed by atoms with van der Waals surface area (Å²) in [5.74, 6) is 0.545. The topological polar surface area (TPSA) is 32.3 Å². The van der Waals surface area contributed by atoms with E-state index in [2.05, 4.69) is 54.4 Å². The van der Waals surface area contributed by atoms with Gasteiger partial charge in [-0.15, -0.1) is 0 Å². The van der Waals surface area contributed by atoms with E-state index in [0.29, 0.717) is 12.5 Å². The van der Waals surface area contributed by atoms with Crippen molar-refractivity contribution in [1.29, 1.82) is 0 Å². The highest BCUT2D eigenvalue weighted by atomic mass is 16.2. The van der Waals surface area contributed by atoms with Crippen LogP contribution in [0.15, 0.2) is 48.5 Å². The maximum Gasteiger partial charge on any atom is 0.243 e. The van der Waals surface area contributed by atoms with Gasteiger partial charge < -0.3 is 10.2 Å².